The van der Waals surface area contributed by atoms with Gasteiger partial charge in [0.2, 0.25) is 0 Å². The summed E-state index contributed by atoms with van der Waals surface area (Å²) in [7, 11) is 2.28. The van der Waals surface area contributed by atoms with E-state index >= 15 is 0 Å². The first kappa shape index (κ1) is 15.0. The molecule has 0 radical (unpaired) electrons. The van der Waals surface area contributed by atoms with Crippen LogP contribution in [0.4, 0.5) is 0 Å². The molecule has 2 N–H and O–H groups in total. The minimum atomic E-state index is 0.359. The van der Waals surface area contributed by atoms with E-state index in [4.69, 9.17) is 5.73 Å². The van der Waals surface area contributed by atoms with Crippen LogP contribution in [-0.4, -0.2) is 30.6 Å². The molecule has 1 rings (SSSR count). The van der Waals surface area contributed by atoms with Gasteiger partial charge in [0.15, 0.2) is 0 Å². The Kier molecular flexibility index (Phi) is 5.94. The third-order valence-corrected chi connectivity index (χ3v) is 4.87. The first-order chi connectivity index (χ1) is 7.91. The Balaban J connectivity index is 2.30. The lowest BCUT2D eigenvalue weighted by molar-refractivity contribution is 0.127. The monoisotopic (exact) mass is 240 g/mol. The molecule has 2 heteroatoms. The van der Waals surface area contributed by atoms with Crippen molar-refractivity contribution >= 4 is 0 Å². The molecule has 1 aliphatic rings. The van der Waals surface area contributed by atoms with Crippen molar-refractivity contribution in [2.75, 3.05) is 13.6 Å². The van der Waals surface area contributed by atoms with Crippen molar-refractivity contribution in [3.8, 4) is 0 Å². The minimum Gasteiger partial charge on any atom is -0.327 e. The normalized spacial score (nSPS) is 32.1. The second-order valence-corrected chi connectivity index (χ2v) is 6.60. The predicted octanol–water partition coefficient (Wildman–Crippen LogP) is 3.12. The standard InChI is InChI=1S/C15H32N2/c1-11(2)15(16)8-9-17(5)14-7-6-12(3)13(4)10-14/h11-15H,6-10,16H2,1-5H3. The van der Waals surface area contributed by atoms with Crippen molar-refractivity contribution in [1.29, 1.82) is 0 Å². The van der Waals surface area contributed by atoms with Crippen molar-refractivity contribution in [2.24, 2.45) is 23.5 Å². The number of hydrogen-bond donors (Lipinski definition) is 1. The van der Waals surface area contributed by atoms with Crippen molar-refractivity contribution < 1.29 is 0 Å². The number of rotatable bonds is 5. The summed E-state index contributed by atoms with van der Waals surface area (Å²) in [6.45, 7) is 10.4. The van der Waals surface area contributed by atoms with Crippen LogP contribution in [0.25, 0.3) is 0 Å². The van der Waals surface area contributed by atoms with E-state index in [0.29, 0.717) is 12.0 Å². The Morgan fingerprint density at radius 1 is 1.18 bits per heavy atom. The second kappa shape index (κ2) is 6.75. The largest absolute Gasteiger partial charge is 0.327 e. The van der Waals surface area contributed by atoms with Gasteiger partial charge in [-0.2, -0.15) is 0 Å². The van der Waals surface area contributed by atoms with Crippen LogP contribution < -0.4 is 5.73 Å². The minimum absolute atomic E-state index is 0.359. The van der Waals surface area contributed by atoms with Gasteiger partial charge in [-0.1, -0.05) is 27.7 Å². The van der Waals surface area contributed by atoms with Crippen LogP contribution in [0, 0.1) is 17.8 Å². The molecule has 1 fully saturated rings. The van der Waals surface area contributed by atoms with Gasteiger partial charge in [0.1, 0.15) is 0 Å². The smallest absolute Gasteiger partial charge is 0.00949 e. The highest BCUT2D eigenvalue weighted by Gasteiger charge is 2.27. The molecule has 2 nitrogen and oxygen atoms in total. The molecule has 102 valence electrons. The molecule has 1 aliphatic carbocycles. The van der Waals surface area contributed by atoms with E-state index in [1.807, 2.05) is 0 Å². The second-order valence-electron chi connectivity index (χ2n) is 6.60. The van der Waals surface area contributed by atoms with Gasteiger partial charge in [0.05, 0.1) is 0 Å². The molecule has 0 saturated heterocycles. The van der Waals surface area contributed by atoms with E-state index in [9.17, 15) is 0 Å². The van der Waals surface area contributed by atoms with Gasteiger partial charge in [0, 0.05) is 12.1 Å². The highest BCUT2D eigenvalue weighted by molar-refractivity contribution is 4.81. The van der Waals surface area contributed by atoms with Gasteiger partial charge in [-0.25, -0.2) is 0 Å². The van der Waals surface area contributed by atoms with Crippen molar-refractivity contribution in [3.63, 3.8) is 0 Å². The maximum absolute atomic E-state index is 6.12. The van der Waals surface area contributed by atoms with Gasteiger partial charge in [-0.3, -0.25) is 0 Å². The highest BCUT2D eigenvalue weighted by Crippen LogP contribution is 2.31. The van der Waals surface area contributed by atoms with Gasteiger partial charge < -0.3 is 10.6 Å². The van der Waals surface area contributed by atoms with Crippen LogP contribution in [-0.2, 0) is 0 Å². The van der Waals surface area contributed by atoms with E-state index in [1.54, 1.807) is 0 Å². The average Bonchev–Trinajstić information content (AvgIpc) is 2.28. The molecule has 0 aromatic rings. The first-order valence-corrected chi connectivity index (χ1v) is 7.37. The van der Waals surface area contributed by atoms with Crippen molar-refractivity contribution in [1.82, 2.24) is 4.90 Å². The Morgan fingerprint density at radius 2 is 1.82 bits per heavy atom. The molecule has 0 aliphatic heterocycles. The molecule has 0 aromatic heterocycles. The van der Waals surface area contributed by atoms with E-state index < -0.39 is 0 Å². The lowest BCUT2D eigenvalue weighted by Crippen LogP contribution is -2.40. The average molecular weight is 240 g/mol. The van der Waals surface area contributed by atoms with Crippen LogP contribution in [0.3, 0.4) is 0 Å². The molecule has 4 unspecified atom stereocenters. The topological polar surface area (TPSA) is 29.3 Å². The van der Waals surface area contributed by atoms with Crippen LogP contribution in [0.2, 0.25) is 0 Å². The van der Waals surface area contributed by atoms with Gasteiger partial charge in [-0.15, -0.1) is 0 Å². The third kappa shape index (κ3) is 4.59. The number of nitrogens with two attached hydrogens (primary N) is 1. The number of nitrogens with zero attached hydrogens (tertiary/aromatic N) is 1. The summed E-state index contributed by atoms with van der Waals surface area (Å²) >= 11 is 0. The summed E-state index contributed by atoms with van der Waals surface area (Å²) in [5.41, 5.74) is 6.12. The molecule has 4 atom stereocenters. The first-order valence-electron chi connectivity index (χ1n) is 7.37. The van der Waals surface area contributed by atoms with Crippen LogP contribution in [0.5, 0.6) is 0 Å². The zero-order chi connectivity index (χ0) is 13.0. The SMILES string of the molecule is CC(C)C(N)CCN(C)C1CCC(C)C(C)C1. The summed E-state index contributed by atoms with van der Waals surface area (Å²) < 4.78 is 0. The molecule has 0 aromatic carbocycles. The van der Waals surface area contributed by atoms with Crippen LogP contribution in [0.1, 0.15) is 53.4 Å². The maximum Gasteiger partial charge on any atom is 0.00949 e. The van der Waals surface area contributed by atoms with E-state index in [1.165, 1.54) is 19.3 Å². The molecule has 17 heavy (non-hydrogen) atoms. The van der Waals surface area contributed by atoms with E-state index in [2.05, 4.69) is 39.6 Å². The molecule has 1 saturated carbocycles. The van der Waals surface area contributed by atoms with Crippen LogP contribution >= 0.6 is 0 Å². The lowest BCUT2D eigenvalue weighted by atomic mass is 9.78. The Bertz CT molecular complexity index is 215. The summed E-state index contributed by atoms with van der Waals surface area (Å²) in [5, 5.41) is 0. The van der Waals surface area contributed by atoms with Crippen molar-refractivity contribution in [3.05, 3.63) is 0 Å². The molecule has 0 heterocycles. The fourth-order valence-electron chi connectivity index (χ4n) is 2.79. The fraction of sp³-hybridized carbons (Fsp3) is 1.00. The molecule has 0 spiro atoms. The summed E-state index contributed by atoms with van der Waals surface area (Å²) in [6.07, 6.45) is 5.27. The summed E-state index contributed by atoms with van der Waals surface area (Å²) in [4.78, 5) is 2.55. The zero-order valence-electron chi connectivity index (χ0n) is 12.4. The van der Waals surface area contributed by atoms with Gasteiger partial charge in [0.25, 0.3) is 0 Å². The fourth-order valence-corrected chi connectivity index (χ4v) is 2.79. The van der Waals surface area contributed by atoms with E-state index in [-0.39, 0.29) is 0 Å². The molecular formula is C15H32N2. The number of hydrogen-bond acceptors (Lipinski definition) is 2. The van der Waals surface area contributed by atoms with Gasteiger partial charge in [-0.05, 0) is 57.0 Å². The molecule has 0 bridgehead atoms. The zero-order valence-corrected chi connectivity index (χ0v) is 12.4. The quantitative estimate of drug-likeness (QED) is 0.800. The third-order valence-electron chi connectivity index (χ3n) is 4.87. The van der Waals surface area contributed by atoms with Crippen molar-refractivity contribution in [2.45, 2.75) is 65.5 Å². The molecule has 0 amide bonds. The van der Waals surface area contributed by atoms with Gasteiger partial charge >= 0.3 is 0 Å². The molecular weight excluding hydrogens is 208 g/mol. The maximum atomic E-state index is 6.12. The summed E-state index contributed by atoms with van der Waals surface area (Å²) in [5.74, 6) is 2.40. The van der Waals surface area contributed by atoms with Crippen LogP contribution in [0.15, 0.2) is 0 Å². The highest BCUT2D eigenvalue weighted by atomic mass is 15.1. The lowest BCUT2D eigenvalue weighted by Gasteiger charge is -2.38. The Hall–Kier alpha value is -0.0800. The predicted molar refractivity (Wildman–Crippen MR) is 76.0 cm³/mol. The Morgan fingerprint density at radius 3 is 2.35 bits per heavy atom. The summed E-state index contributed by atoms with van der Waals surface area (Å²) in [6, 6.07) is 1.15. The Labute approximate surface area is 108 Å². The van der Waals surface area contributed by atoms with E-state index in [0.717, 1.165) is 30.8 Å².